The van der Waals surface area contributed by atoms with Gasteiger partial charge in [-0.2, -0.15) is 0 Å². The van der Waals surface area contributed by atoms with Crippen LogP contribution in [0, 0.1) is 5.82 Å². The van der Waals surface area contributed by atoms with Crippen molar-refractivity contribution >= 4 is 5.78 Å². The Labute approximate surface area is 160 Å². The number of ether oxygens (including phenoxy) is 1. The summed E-state index contributed by atoms with van der Waals surface area (Å²) in [4.78, 5) is 17.0. The zero-order valence-electron chi connectivity index (χ0n) is 15.9. The highest BCUT2D eigenvalue weighted by Gasteiger charge is 2.17. The van der Waals surface area contributed by atoms with Gasteiger partial charge in [-0.05, 0) is 54.9 Å². The third-order valence-corrected chi connectivity index (χ3v) is 5.07. The molecule has 2 aromatic carbocycles. The molecule has 1 aliphatic rings. The van der Waals surface area contributed by atoms with E-state index in [1.54, 1.807) is 19.2 Å². The minimum absolute atomic E-state index is 0.0909. The molecule has 0 aromatic heterocycles. The van der Waals surface area contributed by atoms with E-state index >= 15 is 0 Å². The molecule has 2 aromatic rings. The quantitative estimate of drug-likeness (QED) is 0.665. The van der Waals surface area contributed by atoms with Crippen LogP contribution in [0.4, 0.5) is 4.39 Å². The molecule has 0 bridgehead atoms. The third-order valence-electron chi connectivity index (χ3n) is 5.07. The summed E-state index contributed by atoms with van der Waals surface area (Å²) in [5, 5.41) is 0. The van der Waals surface area contributed by atoms with Crippen molar-refractivity contribution in [3.8, 4) is 5.75 Å². The summed E-state index contributed by atoms with van der Waals surface area (Å²) < 4.78 is 18.1. The molecule has 1 fully saturated rings. The number of halogens is 1. The monoisotopic (exact) mass is 370 g/mol. The van der Waals surface area contributed by atoms with Gasteiger partial charge in [-0.25, -0.2) is 4.39 Å². The molecule has 144 valence electrons. The van der Waals surface area contributed by atoms with Gasteiger partial charge in [0.25, 0.3) is 0 Å². The number of carbonyl (C=O) groups is 1. The molecule has 3 rings (SSSR count). The van der Waals surface area contributed by atoms with Gasteiger partial charge in [0.2, 0.25) is 0 Å². The van der Waals surface area contributed by atoms with Gasteiger partial charge in [-0.1, -0.05) is 12.1 Å². The van der Waals surface area contributed by atoms with E-state index in [-0.39, 0.29) is 11.6 Å². The number of rotatable bonds is 8. The summed E-state index contributed by atoms with van der Waals surface area (Å²) in [6, 6.07) is 14.1. The van der Waals surface area contributed by atoms with Gasteiger partial charge in [0.1, 0.15) is 11.6 Å². The molecule has 27 heavy (non-hydrogen) atoms. The average molecular weight is 370 g/mol. The number of hydrogen-bond acceptors (Lipinski definition) is 4. The topological polar surface area (TPSA) is 32.8 Å². The fraction of sp³-hybridized carbons (Fsp3) is 0.409. The van der Waals surface area contributed by atoms with Gasteiger partial charge in [-0.3, -0.25) is 9.69 Å². The number of Topliss-reactive ketones (excluding diaryl/α,β-unsaturated/α-hetero) is 1. The summed E-state index contributed by atoms with van der Waals surface area (Å²) in [5.74, 6) is 0.672. The number of benzene rings is 2. The van der Waals surface area contributed by atoms with Crippen molar-refractivity contribution in [2.75, 3.05) is 39.8 Å². The van der Waals surface area contributed by atoms with E-state index < -0.39 is 0 Å². The lowest BCUT2D eigenvalue weighted by molar-refractivity contribution is 0.0959. The first-order valence-corrected chi connectivity index (χ1v) is 9.50. The van der Waals surface area contributed by atoms with Crippen LogP contribution in [0.5, 0.6) is 5.75 Å². The molecular formula is C22H27FN2O2. The number of methoxy groups -OCH3 is 1. The number of piperazine rings is 1. The minimum Gasteiger partial charge on any atom is -0.497 e. The Kier molecular flexibility index (Phi) is 6.96. The molecule has 4 nitrogen and oxygen atoms in total. The largest absolute Gasteiger partial charge is 0.497 e. The first-order chi connectivity index (χ1) is 13.1. The fourth-order valence-corrected chi connectivity index (χ4v) is 3.40. The number of carbonyl (C=O) groups excluding carboxylic acids is 1. The van der Waals surface area contributed by atoms with Gasteiger partial charge in [0.05, 0.1) is 7.11 Å². The van der Waals surface area contributed by atoms with Gasteiger partial charge in [0.15, 0.2) is 5.78 Å². The first kappa shape index (κ1) is 19.5. The lowest BCUT2D eigenvalue weighted by atomic mass is 10.1. The highest BCUT2D eigenvalue weighted by atomic mass is 19.1. The Morgan fingerprint density at radius 1 is 0.963 bits per heavy atom. The van der Waals surface area contributed by atoms with Crippen molar-refractivity contribution in [2.24, 2.45) is 0 Å². The van der Waals surface area contributed by atoms with Crippen molar-refractivity contribution in [1.82, 2.24) is 9.80 Å². The van der Waals surface area contributed by atoms with Gasteiger partial charge >= 0.3 is 0 Å². The normalized spacial score (nSPS) is 15.6. The molecule has 1 saturated heterocycles. The first-order valence-electron chi connectivity index (χ1n) is 9.50. The SMILES string of the molecule is COc1ccc(CN2CCN(CCCC(=O)c3ccc(F)cc3)CC2)cc1. The molecule has 0 unspecified atom stereocenters. The molecule has 1 aliphatic heterocycles. The summed E-state index contributed by atoms with van der Waals surface area (Å²) in [5.41, 5.74) is 1.90. The van der Waals surface area contributed by atoms with E-state index in [2.05, 4.69) is 21.9 Å². The van der Waals surface area contributed by atoms with Crippen LogP contribution in [0.1, 0.15) is 28.8 Å². The average Bonchev–Trinajstić information content (AvgIpc) is 2.70. The molecule has 0 atom stereocenters. The van der Waals surface area contributed by atoms with Gasteiger partial charge in [-0.15, -0.1) is 0 Å². The lowest BCUT2D eigenvalue weighted by Crippen LogP contribution is -2.46. The highest BCUT2D eigenvalue weighted by molar-refractivity contribution is 5.95. The summed E-state index contributed by atoms with van der Waals surface area (Å²) >= 11 is 0. The van der Waals surface area contributed by atoms with Crippen molar-refractivity contribution < 1.29 is 13.9 Å². The standard InChI is InChI=1S/C22H27FN2O2/c1-27-21-10-4-18(5-11-21)17-25-15-13-24(14-16-25)12-2-3-22(26)19-6-8-20(23)9-7-19/h4-11H,2-3,12-17H2,1H3. The lowest BCUT2D eigenvalue weighted by Gasteiger charge is -2.34. The van der Waals surface area contributed by atoms with Crippen LogP contribution >= 0.6 is 0 Å². The van der Waals surface area contributed by atoms with E-state index in [9.17, 15) is 9.18 Å². The summed E-state index contributed by atoms with van der Waals surface area (Å²) in [6.07, 6.45) is 1.35. The van der Waals surface area contributed by atoms with E-state index in [1.807, 2.05) is 12.1 Å². The summed E-state index contributed by atoms with van der Waals surface area (Å²) in [6.45, 7) is 6.03. The van der Waals surface area contributed by atoms with Crippen molar-refractivity contribution in [3.05, 3.63) is 65.5 Å². The fourth-order valence-electron chi connectivity index (χ4n) is 3.40. The molecule has 0 radical (unpaired) electrons. The van der Waals surface area contributed by atoms with E-state index in [0.717, 1.165) is 51.4 Å². The molecule has 0 aliphatic carbocycles. The molecular weight excluding hydrogens is 343 g/mol. The number of hydrogen-bond donors (Lipinski definition) is 0. The zero-order valence-corrected chi connectivity index (χ0v) is 15.9. The van der Waals surface area contributed by atoms with Crippen molar-refractivity contribution in [3.63, 3.8) is 0 Å². The van der Waals surface area contributed by atoms with E-state index in [4.69, 9.17) is 4.74 Å². The molecule has 0 N–H and O–H groups in total. The number of ketones is 1. The second kappa shape index (κ2) is 9.62. The van der Waals surface area contributed by atoms with Crippen LogP contribution in [0.15, 0.2) is 48.5 Å². The smallest absolute Gasteiger partial charge is 0.162 e. The minimum atomic E-state index is -0.306. The Bertz CT molecular complexity index is 723. The van der Waals surface area contributed by atoms with Crippen LogP contribution in [-0.2, 0) is 6.54 Å². The Morgan fingerprint density at radius 2 is 1.59 bits per heavy atom. The maximum atomic E-state index is 12.9. The maximum absolute atomic E-state index is 12.9. The van der Waals surface area contributed by atoms with E-state index in [0.29, 0.717) is 12.0 Å². The van der Waals surface area contributed by atoms with Crippen LogP contribution in [0.3, 0.4) is 0 Å². The second-order valence-electron chi connectivity index (χ2n) is 7.00. The Morgan fingerprint density at radius 3 is 2.22 bits per heavy atom. The molecule has 0 spiro atoms. The summed E-state index contributed by atoms with van der Waals surface area (Å²) in [7, 11) is 1.68. The predicted molar refractivity (Wildman–Crippen MR) is 105 cm³/mol. The van der Waals surface area contributed by atoms with Gasteiger partial charge < -0.3 is 9.64 Å². The highest BCUT2D eigenvalue weighted by Crippen LogP contribution is 2.14. The van der Waals surface area contributed by atoms with Crippen LogP contribution < -0.4 is 4.74 Å². The molecule has 0 amide bonds. The zero-order chi connectivity index (χ0) is 19.1. The Balaban J connectivity index is 1.35. The third kappa shape index (κ3) is 5.88. The predicted octanol–water partition coefficient (Wildman–Crippen LogP) is 3.62. The van der Waals surface area contributed by atoms with E-state index in [1.165, 1.54) is 17.7 Å². The van der Waals surface area contributed by atoms with Crippen molar-refractivity contribution in [1.29, 1.82) is 0 Å². The van der Waals surface area contributed by atoms with Crippen LogP contribution in [0.2, 0.25) is 0 Å². The maximum Gasteiger partial charge on any atom is 0.162 e. The number of nitrogens with zero attached hydrogens (tertiary/aromatic N) is 2. The molecule has 5 heteroatoms. The van der Waals surface area contributed by atoms with Crippen molar-refractivity contribution in [2.45, 2.75) is 19.4 Å². The van der Waals surface area contributed by atoms with Crippen LogP contribution in [-0.4, -0.2) is 55.4 Å². The van der Waals surface area contributed by atoms with Gasteiger partial charge in [0, 0.05) is 44.7 Å². The Hall–Kier alpha value is -2.24. The van der Waals surface area contributed by atoms with Crippen LogP contribution in [0.25, 0.3) is 0 Å². The molecule has 0 saturated carbocycles. The second-order valence-corrected chi connectivity index (χ2v) is 7.00. The molecule has 1 heterocycles.